The Morgan fingerprint density at radius 3 is 2.19 bits per heavy atom. The van der Waals surface area contributed by atoms with Gasteiger partial charge in [0.1, 0.15) is 0 Å². The predicted octanol–water partition coefficient (Wildman–Crippen LogP) is 2.30. The van der Waals surface area contributed by atoms with Crippen LogP contribution in [0.4, 0.5) is 0 Å². The van der Waals surface area contributed by atoms with Crippen LogP contribution in [0.3, 0.4) is 0 Å². The summed E-state index contributed by atoms with van der Waals surface area (Å²) in [5.74, 6) is 0. The van der Waals surface area contributed by atoms with E-state index in [2.05, 4.69) is 32.7 Å². The molecule has 0 unspecified atom stereocenters. The fraction of sp³-hybridized carbons (Fsp3) is 0.714. The molecular formula is C14H24BrNO4S. The lowest BCUT2D eigenvalue weighted by Crippen LogP contribution is -2.20. The summed E-state index contributed by atoms with van der Waals surface area (Å²) in [6.45, 7) is 6.07. The van der Waals surface area contributed by atoms with Crippen molar-refractivity contribution in [3.63, 3.8) is 0 Å². The molecule has 0 spiro atoms. The quantitative estimate of drug-likeness (QED) is 0.501. The first-order valence-electron chi connectivity index (χ1n) is 6.98. The zero-order valence-electron chi connectivity index (χ0n) is 12.4. The Morgan fingerprint density at radius 2 is 1.62 bits per heavy atom. The maximum absolute atomic E-state index is 5.47. The third kappa shape index (κ3) is 11.2. The molecule has 0 amide bonds. The first-order valence-corrected chi connectivity index (χ1v) is 8.66. The van der Waals surface area contributed by atoms with E-state index in [1.54, 1.807) is 18.4 Å². The molecule has 1 N–H and O–H groups in total. The average Bonchev–Trinajstić information content (AvgIpc) is 2.89. The van der Waals surface area contributed by atoms with Crippen LogP contribution in [-0.2, 0) is 25.5 Å². The Hall–Kier alpha value is -0.0200. The first kappa shape index (κ1) is 19.0. The van der Waals surface area contributed by atoms with Crippen LogP contribution in [0.25, 0.3) is 0 Å². The van der Waals surface area contributed by atoms with Crippen LogP contribution in [0.15, 0.2) is 15.9 Å². The van der Waals surface area contributed by atoms with Gasteiger partial charge >= 0.3 is 0 Å². The van der Waals surface area contributed by atoms with Crippen LogP contribution in [0.2, 0.25) is 0 Å². The highest BCUT2D eigenvalue weighted by Gasteiger charge is 1.97. The second-order valence-corrected chi connectivity index (χ2v) is 6.15. The van der Waals surface area contributed by atoms with Crippen molar-refractivity contribution < 1.29 is 18.9 Å². The summed E-state index contributed by atoms with van der Waals surface area (Å²) in [5, 5.41) is 5.42. The van der Waals surface area contributed by atoms with E-state index in [9.17, 15) is 0 Å². The monoisotopic (exact) mass is 381 g/mol. The molecular weight excluding hydrogens is 358 g/mol. The molecule has 0 fully saturated rings. The second-order valence-electron chi connectivity index (χ2n) is 4.24. The van der Waals surface area contributed by atoms with E-state index in [0.717, 1.165) is 17.6 Å². The maximum atomic E-state index is 5.47. The third-order valence-electron chi connectivity index (χ3n) is 2.52. The Bertz CT molecular complexity index is 351. The van der Waals surface area contributed by atoms with E-state index >= 15 is 0 Å². The summed E-state index contributed by atoms with van der Waals surface area (Å²) >= 11 is 5.19. The van der Waals surface area contributed by atoms with Gasteiger partial charge in [-0.1, -0.05) is 0 Å². The van der Waals surface area contributed by atoms with E-state index in [-0.39, 0.29) is 0 Å². The molecule has 1 heterocycles. The van der Waals surface area contributed by atoms with Gasteiger partial charge < -0.3 is 24.3 Å². The highest BCUT2D eigenvalue weighted by molar-refractivity contribution is 9.10. The molecule has 0 atom stereocenters. The Labute approximate surface area is 139 Å². The molecule has 0 radical (unpaired) electrons. The molecule has 122 valence electrons. The number of methoxy groups -OCH3 is 1. The number of ether oxygens (including phenoxy) is 4. The minimum atomic E-state index is 0.596. The molecule has 1 rings (SSSR count). The van der Waals surface area contributed by atoms with Crippen molar-refractivity contribution >= 4 is 27.3 Å². The lowest BCUT2D eigenvalue weighted by Gasteiger charge is -2.07. The number of thiophene rings is 1. The molecule has 1 aromatic heterocycles. The molecule has 0 aromatic carbocycles. The standard InChI is InChI=1S/C14H24BrNO4S/c1-17-4-5-19-8-9-20-7-6-18-3-2-16-11-14-10-13(15)12-21-14/h10,12,16H,2-9,11H2,1H3. The number of halogens is 1. The van der Waals surface area contributed by atoms with Gasteiger partial charge in [-0.05, 0) is 22.0 Å². The largest absolute Gasteiger partial charge is 0.382 e. The van der Waals surface area contributed by atoms with Crippen molar-refractivity contribution in [3.8, 4) is 0 Å². The van der Waals surface area contributed by atoms with Gasteiger partial charge in [-0.2, -0.15) is 0 Å². The molecule has 0 saturated carbocycles. The number of hydrogen-bond donors (Lipinski definition) is 1. The van der Waals surface area contributed by atoms with Crippen molar-refractivity contribution in [2.75, 3.05) is 59.9 Å². The lowest BCUT2D eigenvalue weighted by atomic mass is 10.4. The van der Waals surface area contributed by atoms with Gasteiger partial charge in [0, 0.05) is 34.9 Å². The van der Waals surface area contributed by atoms with Crippen molar-refractivity contribution in [1.82, 2.24) is 5.32 Å². The van der Waals surface area contributed by atoms with Gasteiger partial charge in [0.25, 0.3) is 0 Å². The van der Waals surface area contributed by atoms with E-state index in [4.69, 9.17) is 18.9 Å². The molecule has 0 aliphatic carbocycles. The molecule has 0 aliphatic rings. The molecule has 0 aliphatic heterocycles. The van der Waals surface area contributed by atoms with Crippen molar-refractivity contribution in [2.45, 2.75) is 6.54 Å². The summed E-state index contributed by atoms with van der Waals surface area (Å²) in [4.78, 5) is 1.32. The van der Waals surface area contributed by atoms with E-state index in [0.29, 0.717) is 46.2 Å². The van der Waals surface area contributed by atoms with Gasteiger partial charge in [-0.25, -0.2) is 0 Å². The fourth-order valence-corrected chi connectivity index (χ4v) is 2.91. The molecule has 5 nitrogen and oxygen atoms in total. The van der Waals surface area contributed by atoms with Gasteiger partial charge in [-0.15, -0.1) is 11.3 Å². The minimum absolute atomic E-state index is 0.596. The maximum Gasteiger partial charge on any atom is 0.0701 e. The highest BCUT2D eigenvalue weighted by atomic mass is 79.9. The minimum Gasteiger partial charge on any atom is -0.382 e. The fourth-order valence-electron chi connectivity index (χ4n) is 1.49. The van der Waals surface area contributed by atoms with Crippen LogP contribution < -0.4 is 5.32 Å². The molecule has 7 heteroatoms. The average molecular weight is 382 g/mol. The molecule has 0 bridgehead atoms. The van der Waals surface area contributed by atoms with Crippen molar-refractivity contribution in [2.24, 2.45) is 0 Å². The Morgan fingerprint density at radius 1 is 1.00 bits per heavy atom. The predicted molar refractivity (Wildman–Crippen MR) is 88.1 cm³/mol. The van der Waals surface area contributed by atoms with Gasteiger partial charge in [0.15, 0.2) is 0 Å². The third-order valence-corrected chi connectivity index (χ3v) is 4.22. The van der Waals surface area contributed by atoms with Crippen LogP contribution >= 0.6 is 27.3 Å². The van der Waals surface area contributed by atoms with Crippen LogP contribution in [0.1, 0.15) is 4.88 Å². The number of hydrogen-bond acceptors (Lipinski definition) is 6. The van der Waals surface area contributed by atoms with Gasteiger partial charge in [0.05, 0.1) is 46.2 Å². The van der Waals surface area contributed by atoms with Gasteiger partial charge in [0.2, 0.25) is 0 Å². The molecule has 0 saturated heterocycles. The number of rotatable bonds is 14. The van der Waals surface area contributed by atoms with Crippen molar-refractivity contribution in [3.05, 3.63) is 20.8 Å². The second kappa shape index (κ2) is 13.6. The summed E-state index contributed by atoms with van der Waals surface area (Å²) in [7, 11) is 1.66. The molecule has 1 aromatic rings. The van der Waals surface area contributed by atoms with Crippen LogP contribution in [0.5, 0.6) is 0 Å². The summed E-state index contributed by atoms with van der Waals surface area (Å²) in [6.07, 6.45) is 0. The Kier molecular flexibility index (Phi) is 12.3. The Balaban J connectivity index is 1.74. The van der Waals surface area contributed by atoms with Crippen LogP contribution in [0, 0.1) is 0 Å². The van der Waals surface area contributed by atoms with E-state index in [1.165, 1.54) is 4.88 Å². The normalized spacial score (nSPS) is 11.1. The van der Waals surface area contributed by atoms with E-state index < -0.39 is 0 Å². The SMILES string of the molecule is COCCOCCOCCOCCNCc1cc(Br)cs1. The van der Waals surface area contributed by atoms with Crippen molar-refractivity contribution in [1.29, 1.82) is 0 Å². The highest BCUT2D eigenvalue weighted by Crippen LogP contribution is 2.19. The lowest BCUT2D eigenvalue weighted by molar-refractivity contribution is 0.00409. The summed E-state index contributed by atoms with van der Waals surface area (Å²) < 4.78 is 22.1. The smallest absolute Gasteiger partial charge is 0.0701 e. The zero-order chi connectivity index (χ0) is 15.2. The van der Waals surface area contributed by atoms with E-state index in [1.807, 2.05) is 0 Å². The molecule has 21 heavy (non-hydrogen) atoms. The first-order chi connectivity index (χ1) is 10.3. The van der Waals surface area contributed by atoms with Crippen LogP contribution in [-0.4, -0.2) is 59.9 Å². The zero-order valence-corrected chi connectivity index (χ0v) is 14.8. The van der Waals surface area contributed by atoms with Gasteiger partial charge in [-0.3, -0.25) is 0 Å². The summed E-state index contributed by atoms with van der Waals surface area (Å²) in [6, 6.07) is 2.13. The number of nitrogens with one attached hydrogen (secondary N) is 1. The summed E-state index contributed by atoms with van der Waals surface area (Å²) in [5.41, 5.74) is 0. The topological polar surface area (TPSA) is 49.0 Å².